The topological polar surface area (TPSA) is 65.0 Å². The summed E-state index contributed by atoms with van der Waals surface area (Å²) in [6.45, 7) is 0. The Balaban J connectivity index is 1.82. The van der Waals surface area contributed by atoms with Crippen LogP contribution in [-0.2, 0) is 4.79 Å². The molecule has 0 aromatic carbocycles. The van der Waals surface area contributed by atoms with Gasteiger partial charge in [0.15, 0.2) is 0 Å². The third-order valence-electron chi connectivity index (χ3n) is 4.44. The van der Waals surface area contributed by atoms with Crippen molar-refractivity contribution >= 4 is 12.1 Å². The first-order valence-electron chi connectivity index (χ1n) is 8.07. The zero-order valence-electron chi connectivity index (χ0n) is 12.3. The quantitative estimate of drug-likeness (QED) is 0.534. The summed E-state index contributed by atoms with van der Waals surface area (Å²) in [6, 6.07) is 0.774. The van der Waals surface area contributed by atoms with E-state index < -0.39 is 0 Å². The maximum atomic E-state index is 12.1. The molecular weight excluding hydrogens is 250 g/mol. The molecule has 0 aliphatic heterocycles. The van der Waals surface area contributed by atoms with Crippen molar-refractivity contribution in [2.45, 2.75) is 76.3 Å². The van der Waals surface area contributed by atoms with Crippen molar-refractivity contribution in [2.75, 3.05) is 0 Å². The fourth-order valence-electron chi connectivity index (χ4n) is 3.17. The van der Waals surface area contributed by atoms with E-state index in [1.807, 2.05) is 0 Å². The first kappa shape index (κ1) is 15.1. The zero-order chi connectivity index (χ0) is 14.2. The summed E-state index contributed by atoms with van der Waals surface area (Å²) < 4.78 is 0. The molecule has 0 saturated heterocycles. The van der Waals surface area contributed by atoms with E-state index in [2.05, 4.69) is 10.6 Å². The predicted molar refractivity (Wildman–Crippen MR) is 81.9 cm³/mol. The van der Waals surface area contributed by atoms with Crippen LogP contribution in [0.5, 0.6) is 0 Å². The molecule has 0 spiro atoms. The second-order valence-electron chi connectivity index (χ2n) is 6.05. The number of carbonyl (C=O) groups excluding carboxylic acids is 1. The molecule has 3 N–H and O–H groups in total. The van der Waals surface area contributed by atoms with Gasteiger partial charge in [0.2, 0.25) is 0 Å². The van der Waals surface area contributed by atoms with Gasteiger partial charge in [0.05, 0.1) is 5.57 Å². The van der Waals surface area contributed by atoms with E-state index in [1.54, 1.807) is 6.20 Å². The van der Waals surface area contributed by atoms with Crippen molar-refractivity contribution < 1.29 is 4.79 Å². The molecule has 2 fully saturated rings. The fraction of sp³-hybridized carbons (Fsp3) is 0.750. The largest absolute Gasteiger partial charge is 0.387 e. The number of rotatable bonds is 5. The smallest absolute Gasteiger partial charge is 0.254 e. The minimum absolute atomic E-state index is 0.102. The Morgan fingerprint density at radius 3 is 2.00 bits per heavy atom. The van der Waals surface area contributed by atoms with Crippen LogP contribution in [-0.4, -0.2) is 24.2 Å². The Bertz CT molecular complexity index is 353. The van der Waals surface area contributed by atoms with Crippen LogP contribution in [0.2, 0.25) is 0 Å². The highest BCUT2D eigenvalue weighted by molar-refractivity contribution is 6.11. The first-order valence-corrected chi connectivity index (χ1v) is 8.07. The molecule has 4 nitrogen and oxygen atoms in total. The van der Waals surface area contributed by atoms with E-state index in [9.17, 15) is 4.79 Å². The summed E-state index contributed by atoms with van der Waals surface area (Å²) in [5.74, 6) is -0.102. The molecule has 0 aromatic rings. The highest BCUT2D eigenvalue weighted by Crippen LogP contribution is 2.18. The van der Waals surface area contributed by atoms with Gasteiger partial charge >= 0.3 is 0 Å². The van der Waals surface area contributed by atoms with E-state index in [1.165, 1.54) is 51.4 Å². The van der Waals surface area contributed by atoms with Crippen molar-refractivity contribution in [3.05, 3.63) is 11.8 Å². The standard InChI is InChI=1S/C16H27N3O/c17-11-13(12-18-14-7-3-1-4-8-14)16(20)19-15-9-5-2-6-10-15/h11-12,14-15,17-18H,1-10H2,(H,19,20)/b13-12+,17-11?. The van der Waals surface area contributed by atoms with E-state index in [0.29, 0.717) is 17.7 Å². The number of amides is 1. The van der Waals surface area contributed by atoms with Gasteiger partial charge in [-0.1, -0.05) is 38.5 Å². The molecule has 20 heavy (non-hydrogen) atoms. The Hall–Kier alpha value is -1.32. The summed E-state index contributed by atoms with van der Waals surface area (Å²) in [7, 11) is 0. The monoisotopic (exact) mass is 277 g/mol. The Morgan fingerprint density at radius 2 is 1.45 bits per heavy atom. The molecule has 2 aliphatic rings. The molecule has 0 heterocycles. The van der Waals surface area contributed by atoms with Crippen LogP contribution in [0.15, 0.2) is 11.8 Å². The van der Waals surface area contributed by atoms with Crippen LogP contribution in [0.25, 0.3) is 0 Å². The maximum absolute atomic E-state index is 12.1. The summed E-state index contributed by atoms with van der Waals surface area (Å²) in [4.78, 5) is 12.1. The van der Waals surface area contributed by atoms with E-state index in [-0.39, 0.29) is 5.91 Å². The van der Waals surface area contributed by atoms with Crippen LogP contribution in [0.4, 0.5) is 0 Å². The summed E-state index contributed by atoms with van der Waals surface area (Å²) >= 11 is 0. The Labute approximate surface area is 121 Å². The van der Waals surface area contributed by atoms with Gasteiger partial charge < -0.3 is 16.0 Å². The van der Waals surface area contributed by atoms with Crippen LogP contribution < -0.4 is 10.6 Å². The first-order chi connectivity index (χ1) is 9.79. The van der Waals surface area contributed by atoms with Gasteiger partial charge in [0, 0.05) is 24.5 Å². The van der Waals surface area contributed by atoms with Crippen molar-refractivity contribution in [2.24, 2.45) is 0 Å². The SMILES string of the molecule is N=C/C(=C\NC1CCCCC1)C(=O)NC1CCCCC1. The molecule has 1 amide bonds. The lowest BCUT2D eigenvalue weighted by molar-refractivity contribution is -0.117. The molecule has 0 aromatic heterocycles. The van der Waals surface area contributed by atoms with Gasteiger partial charge in [-0.15, -0.1) is 0 Å². The van der Waals surface area contributed by atoms with Gasteiger partial charge in [0.1, 0.15) is 0 Å². The van der Waals surface area contributed by atoms with E-state index >= 15 is 0 Å². The normalized spacial score (nSPS) is 22.3. The van der Waals surface area contributed by atoms with Crippen molar-refractivity contribution in [3.8, 4) is 0 Å². The average Bonchev–Trinajstić information content (AvgIpc) is 2.50. The highest BCUT2D eigenvalue weighted by Gasteiger charge is 2.18. The molecule has 0 radical (unpaired) electrons. The molecule has 0 unspecified atom stereocenters. The van der Waals surface area contributed by atoms with Crippen LogP contribution >= 0.6 is 0 Å². The predicted octanol–water partition coefficient (Wildman–Crippen LogP) is 2.89. The van der Waals surface area contributed by atoms with Gasteiger partial charge in [-0.2, -0.15) is 0 Å². The van der Waals surface area contributed by atoms with Crippen molar-refractivity contribution in [1.29, 1.82) is 5.41 Å². The Kier molecular flexibility index (Phi) is 6.09. The molecule has 0 bridgehead atoms. The minimum atomic E-state index is -0.102. The number of hydrogen-bond donors (Lipinski definition) is 3. The fourth-order valence-corrected chi connectivity index (χ4v) is 3.17. The minimum Gasteiger partial charge on any atom is -0.387 e. The molecule has 2 aliphatic carbocycles. The number of carbonyl (C=O) groups is 1. The lowest BCUT2D eigenvalue weighted by Gasteiger charge is -2.24. The van der Waals surface area contributed by atoms with Crippen LogP contribution in [0.1, 0.15) is 64.2 Å². The lowest BCUT2D eigenvalue weighted by atomic mass is 9.95. The van der Waals surface area contributed by atoms with Crippen molar-refractivity contribution in [3.63, 3.8) is 0 Å². The third kappa shape index (κ3) is 4.66. The summed E-state index contributed by atoms with van der Waals surface area (Å²) in [6.07, 6.45) is 14.9. The van der Waals surface area contributed by atoms with E-state index in [4.69, 9.17) is 5.41 Å². The number of nitrogens with one attached hydrogen (secondary N) is 3. The van der Waals surface area contributed by atoms with Gasteiger partial charge in [-0.3, -0.25) is 4.79 Å². The second-order valence-corrected chi connectivity index (χ2v) is 6.05. The Morgan fingerprint density at radius 1 is 0.900 bits per heavy atom. The summed E-state index contributed by atoms with van der Waals surface area (Å²) in [5, 5.41) is 13.8. The molecule has 2 rings (SSSR count). The molecule has 4 heteroatoms. The van der Waals surface area contributed by atoms with Crippen LogP contribution in [0.3, 0.4) is 0 Å². The zero-order valence-corrected chi connectivity index (χ0v) is 12.3. The molecule has 0 atom stereocenters. The van der Waals surface area contributed by atoms with Crippen molar-refractivity contribution in [1.82, 2.24) is 10.6 Å². The van der Waals surface area contributed by atoms with Crippen LogP contribution in [0, 0.1) is 5.41 Å². The van der Waals surface area contributed by atoms with Gasteiger partial charge in [-0.25, -0.2) is 0 Å². The lowest BCUT2D eigenvalue weighted by Crippen LogP contribution is -2.38. The maximum Gasteiger partial charge on any atom is 0.254 e. The highest BCUT2D eigenvalue weighted by atomic mass is 16.1. The van der Waals surface area contributed by atoms with Gasteiger partial charge in [-0.05, 0) is 25.7 Å². The van der Waals surface area contributed by atoms with Gasteiger partial charge in [0.25, 0.3) is 5.91 Å². The summed E-state index contributed by atoms with van der Waals surface area (Å²) in [5.41, 5.74) is 0.446. The molecule has 112 valence electrons. The third-order valence-corrected chi connectivity index (χ3v) is 4.44. The number of hydrogen-bond acceptors (Lipinski definition) is 3. The molecule has 2 saturated carbocycles. The van der Waals surface area contributed by atoms with E-state index in [0.717, 1.165) is 19.1 Å². The average molecular weight is 277 g/mol. The second kappa shape index (κ2) is 8.08. The molecular formula is C16H27N3O.